The normalized spacial score (nSPS) is 26.1. The maximum atomic E-state index is 13.0. The average Bonchev–Trinajstić information content (AvgIpc) is 3.48. The van der Waals surface area contributed by atoms with E-state index in [-0.39, 0.29) is 23.7 Å². The summed E-state index contributed by atoms with van der Waals surface area (Å²) in [6.07, 6.45) is 5.52. The number of hydrogen-bond donors (Lipinski definition) is 2. The van der Waals surface area contributed by atoms with Crippen LogP contribution in [0.2, 0.25) is 5.02 Å². The van der Waals surface area contributed by atoms with Gasteiger partial charge in [-0.2, -0.15) is 0 Å². The molecule has 3 aliphatic rings. The van der Waals surface area contributed by atoms with Gasteiger partial charge < -0.3 is 15.1 Å². The quantitative estimate of drug-likeness (QED) is 0.722. The summed E-state index contributed by atoms with van der Waals surface area (Å²) in [4.78, 5) is 45.2. The molecular weight excluding hydrogens is 382 g/mol. The van der Waals surface area contributed by atoms with Gasteiger partial charge in [-0.15, -0.1) is 0 Å². The number of halogens is 1. The highest BCUT2D eigenvalue weighted by Gasteiger charge is 2.56. The molecule has 1 aliphatic carbocycles. The van der Waals surface area contributed by atoms with Gasteiger partial charge in [0, 0.05) is 38.3 Å². The van der Waals surface area contributed by atoms with Gasteiger partial charge in [0.25, 0.3) is 5.91 Å². The lowest BCUT2D eigenvalue weighted by Gasteiger charge is -2.38. The fourth-order valence-corrected chi connectivity index (χ4v) is 4.49. The van der Waals surface area contributed by atoms with Crippen molar-refractivity contribution in [2.24, 2.45) is 11.8 Å². The SMILES string of the molecule is CC(CC1(C2CC2)NC(=O)NC1=O)C(=O)N1CCN(c2cncc(Cl)c2)CC1. The van der Waals surface area contributed by atoms with Gasteiger partial charge in [0.05, 0.1) is 16.9 Å². The van der Waals surface area contributed by atoms with Gasteiger partial charge >= 0.3 is 6.03 Å². The Balaban J connectivity index is 1.37. The zero-order chi connectivity index (χ0) is 19.9. The topological polar surface area (TPSA) is 94.6 Å². The molecule has 0 spiro atoms. The van der Waals surface area contributed by atoms with Crippen LogP contribution in [-0.4, -0.2) is 59.4 Å². The van der Waals surface area contributed by atoms with Crippen LogP contribution in [-0.2, 0) is 9.59 Å². The van der Waals surface area contributed by atoms with Crippen molar-refractivity contribution < 1.29 is 14.4 Å². The lowest BCUT2D eigenvalue weighted by Crippen LogP contribution is -2.54. The van der Waals surface area contributed by atoms with Crippen molar-refractivity contribution in [1.29, 1.82) is 0 Å². The second-order valence-corrected chi connectivity index (χ2v) is 8.37. The molecule has 3 heterocycles. The Morgan fingerprint density at radius 3 is 2.57 bits per heavy atom. The van der Waals surface area contributed by atoms with Crippen molar-refractivity contribution in [3.63, 3.8) is 0 Å². The van der Waals surface area contributed by atoms with E-state index >= 15 is 0 Å². The van der Waals surface area contributed by atoms with Crippen molar-refractivity contribution in [3.8, 4) is 0 Å². The molecule has 2 N–H and O–H groups in total. The summed E-state index contributed by atoms with van der Waals surface area (Å²) >= 11 is 6.02. The van der Waals surface area contributed by atoms with Crippen molar-refractivity contribution in [1.82, 2.24) is 20.5 Å². The number of carbonyl (C=O) groups excluding carboxylic acids is 3. The van der Waals surface area contributed by atoms with Gasteiger partial charge in [0.15, 0.2) is 0 Å². The summed E-state index contributed by atoms with van der Waals surface area (Å²) in [6, 6.07) is 1.41. The number of nitrogens with zero attached hydrogens (tertiary/aromatic N) is 3. The molecule has 2 aliphatic heterocycles. The Hall–Kier alpha value is -2.35. The summed E-state index contributed by atoms with van der Waals surface area (Å²) < 4.78 is 0. The van der Waals surface area contributed by atoms with Crippen LogP contribution in [0.4, 0.5) is 10.5 Å². The molecule has 0 radical (unpaired) electrons. The third-order valence-electron chi connectivity index (χ3n) is 5.94. The van der Waals surface area contributed by atoms with E-state index in [9.17, 15) is 14.4 Å². The standard InChI is InChI=1S/C19H24ClN5O3/c1-12(9-19(13-2-3-13)17(27)22-18(28)23-19)16(26)25-6-4-24(5-7-25)15-8-14(20)10-21-11-15/h8,10-13H,2-7,9H2,1H3,(H2,22,23,27,28). The van der Waals surface area contributed by atoms with Gasteiger partial charge in [0.2, 0.25) is 5.91 Å². The molecule has 9 heteroatoms. The summed E-state index contributed by atoms with van der Waals surface area (Å²) in [5, 5.41) is 5.74. The van der Waals surface area contributed by atoms with Crippen molar-refractivity contribution >= 4 is 35.1 Å². The van der Waals surface area contributed by atoms with E-state index in [1.54, 1.807) is 12.4 Å². The molecule has 1 aromatic rings. The minimum Gasteiger partial charge on any atom is -0.367 e. The first-order chi connectivity index (χ1) is 13.4. The molecule has 3 fully saturated rings. The number of piperazine rings is 1. The van der Waals surface area contributed by atoms with Crippen LogP contribution in [0.5, 0.6) is 0 Å². The number of pyridine rings is 1. The predicted molar refractivity (Wildman–Crippen MR) is 104 cm³/mol. The van der Waals surface area contributed by atoms with Gasteiger partial charge in [-0.1, -0.05) is 18.5 Å². The summed E-state index contributed by atoms with van der Waals surface area (Å²) in [6.45, 7) is 4.45. The summed E-state index contributed by atoms with van der Waals surface area (Å²) in [7, 11) is 0. The number of hydrogen-bond acceptors (Lipinski definition) is 5. The minimum atomic E-state index is -0.930. The van der Waals surface area contributed by atoms with Crippen molar-refractivity contribution in [2.75, 3.05) is 31.1 Å². The van der Waals surface area contributed by atoms with E-state index in [0.717, 1.165) is 18.5 Å². The van der Waals surface area contributed by atoms with Gasteiger partial charge in [-0.05, 0) is 31.2 Å². The Bertz CT molecular complexity index is 807. The smallest absolute Gasteiger partial charge is 0.322 e. The summed E-state index contributed by atoms with van der Waals surface area (Å²) in [5.74, 6) is -0.485. The van der Waals surface area contributed by atoms with Gasteiger partial charge in [0.1, 0.15) is 5.54 Å². The molecule has 1 saturated carbocycles. The van der Waals surface area contributed by atoms with Crippen LogP contribution < -0.4 is 15.5 Å². The second-order valence-electron chi connectivity index (χ2n) is 7.93. The van der Waals surface area contributed by atoms with Crippen LogP contribution in [0.3, 0.4) is 0 Å². The zero-order valence-corrected chi connectivity index (χ0v) is 16.5. The van der Waals surface area contributed by atoms with Crippen molar-refractivity contribution in [2.45, 2.75) is 31.7 Å². The van der Waals surface area contributed by atoms with E-state index < -0.39 is 11.6 Å². The van der Waals surface area contributed by atoms with Crippen LogP contribution in [0.15, 0.2) is 18.5 Å². The van der Waals surface area contributed by atoms with Crippen LogP contribution in [0.1, 0.15) is 26.2 Å². The minimum absolute atomic E-state index is 0.0258. The molecule has 2 saturated heterocycles. The van der Waals surface area contributed by atoms with E-state index in [2.05, 4.69) is 20.5 Å². The van der Waals surface area contributed by atoms with Crippen LogP contribution >= 0.6 is 11.6 Å². The van der Waals surface area contributed by atoms with E-state index in [0.29, 0.717) is 37.6 Å². The molecule has 0 bridgehead atoms. The number of rotatable bonds is 5. The summed E-state index contributed by atoms with van der Waals surface area (Å²) in [5.41, 5.74) is 0.0196. The largest absolute Gasteiger partial charge is 0.367 e. The Labute approximate surface area is 168 Å². The molecule has 28 heavy (non-hydrogen) atoms. The third-order valence-corrected chi connectivity index (χ3v) is 6.15. The Morgan fingerprint density at radius 2 is 2.00 bits per heavy atom. The molecule has 150 valence electrons. The van der Waals surface area contributed by atoms with Gasteiger partial charge in [-0.3, -0.25) is 19.9 Å². The third kappa shape index (κ3) is 3.53. The van der Waals surface area contributed by atoms with E-state index in [4.69, 9.17) is 11.6 Å². The Kier molecular flexibility index (Phi) is 4.91. The highest BCUT2D eigenvalue weighted by molar-refractivity contribution is 6.30. The first-order valence-electron chi connectivity index (χ1n) is 9.67. The van der Waals surface area contributed by atoms with E-state index in [1.807, 2.05) is 17.9 Å². The van der Waals surface area contributed by atoms with Gasteiger partial charge in [-0.25, -0.2) is 4.79 Å². The maximum absolute atomic E-state index is 13.0. The number of aromatic nitrogens is 1. The predicted octanol–water partition coefficient (Wildman–Crippen LogP) is 1.40. The molecule has 0 aromatic carbocycles. The first-order valence-corrected chi connectivity index (χ1v) is 10.0. The first kappa shape index (κ1) is 19.0. The second kappa shape index (κ2) is 7.24. The number of urea groups is 1. The average molecular weight is 406 g/mol. The lowest BCUT2D eigenvalue weighted by molar-refractivity contribution is -0.136. The highest BCUT2D eigenvalue weighted by atomic mass is 35.5. The molecule has 2 unspecified atom stereocenters. The Morgan fingerprint density at radius 1 is 1.29 bits per heavy atom. The zero-order valence-electron chi connectivity index (χ0n) is 15.8. The molecule has 2 atom stereocenters. The van der Waals surface area contributed by atoms with Crippen LogP contribution in [0.25, 0.3) is 0 Å². The van der Waals surface area contributed by atoms with E-state index in [1.165, 1.54) is 0 Å². The fourth-order valence-electron chi connectivity index (χ4n) is 4.32. The highest BCUT2D eigenvalue weighted by Crippen LogP contribution is 2.44. The van der Waals surface area contributed by atoms with Crippen LogP contribution in [0, 0.1) is 11.8 Å². The molecule has 8 nitrogen and oxygen atoms in total. The number of nitrogens with one attached hydrogen (secondary N) is 2. The lowest BCUT2D eigenvalue weighted by atomic mass is 9.83. The molecule has 4 rings (SSSR count). The number of carbonyl (C=O) groups is 3. The number of amides is 4. The maximum Gasteiger partial charge on any atom is 0.322 e. The molecule has 4 amide bonds. The number of imide groups is 1. The molecule has 1 aromatic heterocycles. The number of anilines is 1. The monoisotopic (exact) mass is 405 g/mol. The molecular formula is C19H24ClN5O3. The fraction of sp³-hybridized carbons (Fsp3) is 0.579. The van der Waals surface area contributed by atoms with Crippen molar-refractivity contribution in [3.05, 3.63) is 23.5 Å².